The van der Waals surface area contributed by atoms with Crippen molar-refractivity contribution < 1.29 is 17.6 Å². The van der Waals surface area contributed by atoms with Gasteiger partial charge in [-0.25, -0.2) is 12.8 Å². The summed E-state index contributed by atoms with van der Waals surface area (Å²) in [6.45, 7) is 1.92. The summed E-state index contributed by atoms with van der Waals surface area (Å²) in [6, 6.07) is 7.96. The van der Waals surface area contributed by atoms with Crippen molar-refractivity contribution in [3.63, 3.8) is 0 Å². The van der Waals surface area contributed by atoms with Gasteiger partial charge >= 0.3 is 0 Å². The van der Waals surface area contributed by atoms with Gasteiger partial charge in [-0.05, 0) is 42.3 Å². The van der Waals surface area contributed by atoms with Gasteiger partial charge in [0.05, 0.1) is 4.90 Å². The molecule has 0 aliphatic rings. The molecule has 0 radical (unpaired) electrons. The van der Waals surface area contributed by atoms with Crippen molar-refractivity contribution in [3.8, 4) is 0 Å². The number of benzene rings is 1. The highest BCUT2D eigenvalue weighted by Gasteiger charge is 2.29. The fourth-order valence-electron chi connectivity index (χ4n) is 2.39. The monoisotopic (exact) mass is 364 g/mol. The quantitative estimate of drug-likeness (QED) is 0.731. The number of pyridine rings is 1. The Morgan fingerprint density at radius 3 is 2.56 bits per heavy atom. The van der Waals surface area contributed by atoms with E-state index < -0.39 is 20.9 Å². The van der Waals surface area contributed by atoms with E-state index >= 15 is 0 Å². The van der Waals surface area contributed by atoms with E-state index in [1.165, 1.54) is 18.3 Å². The van der Waals surface area contributed by atoms with Crippen LogP contribution < -0.4 is 5.32 Å². The second-order valence-electron chi connectivity index (χ2n) is 5.68. The van der Waals surface area contributed by atoms with E-state index in [0.29, 0.717) is 12.0 Å². The molecule has 134 valence electrons. The molecule has 0 fully saturated rings. The number of sulfone groups is 1. The van der Waals surface area contributed by atoms with Crippen LogP contribution in [0.1, 0.15) is 37.0 Å². The summed E-state index contributed by atoms with van der Waals surface area (Å²) >= 11 is 0. The van der Waals surface area contributed by atoms with Crippen LogP contribution in [0.4, 0.5) is 4.39 Å². The van der Waals surface area contributed by atoms with Gasteiger partial charge in [0, 0.05) is 25.4 Å². The van der Waals surface area contributed by atoms with Gasteiger partial charge < -0.3 is 5.32 Å². The van der Waals surface area contributed by atoms with Gasteiger partial charge in [-0.2, -0.15) is 0 Å². The maximum atomic E-state index is 13.1. The van der Waals surface area contributed by atoms with Crippen molar-refractivity contribution in [1.82, 2.24) is 10.3 Å². The van der Waals surface area contributed by atoms with Crippen LogP contribution in [0.25, 0.3) is 0 Å². The first-order chi connectivity index (χ1) is 11.9. The molecule has 1 heterocycles. The first-order valence-corrected chi connectivity index (χ1v) is 9.66. The highest BCUT2D eigenvalue weighted by atomic mass is 32.2. The summed E-state index contributed by atoms with van der Waals surface area (Å²) in [6.07, 6.45) is 4.99. The normalized spacial score (nSPS) is 12.6. The predicted octanol–water partition coefficient (Wildman–Crippen LogP) is 3.04. The van der Waals surface area contributed by atoms with E-state index in [1.54, 1.807) is 18.3 Å². The third-order valence-electron chi connectivity index (χ3n) is 3.81. The summed E-state index contributed by atoms with van der Waals surface area (Å²) in [7, 11) is -3.81. The van der Waals surface area contributed by atoms with Crippen LogP contribution in [0, 0.1) is 5.82 Å². The number of hydrogen-bond acceptors (Lipinski definition) is 4. The molecule has 2 aromatic rings. The van der Waals surface area contributed by atoms with E-state index in [4.69, 9.17) is 0 Å². The zero-order valence-electron chi connectivity index (χ0n) is 14.0. The Bertz CT molecular complexity index is 793. The van der Waals surface area contributed by atoms with Crippen LogP contribution in [0.5, 0.6) is 0 Å². The molecule has 0 saturated heterocycles. The molecule has 5 nitrogen and oxygen atoms in total. The van der Waals surface area contributed by atoms with Crippen molar-refractivity contribution in [3.05, 3.63) is 60.2 Å². The summed E-state index contributed by atoms with van der Waals surface area (Å²) in [5, 5.41) is 1.69. The molecule has 0 spiro atoms. The predicted molar refractivity (Wildman–Crippen MR) is 93.1 cm³/mol. The summed E-state index contributed by atoms with van der Waals surface area (Å²) in [5.74, 6) is -0.699. The van der Waals surface area contributed by atoms with E-state index in [9.17, 15) is 17.6 Å². The van der Waals surface area contributed by atoms with Crippen molar-refractivity contribution in [2.75, 3.05) is 6.54 Å². The van der Waals surface area contributed by atoms with Crippen molar-refractivity contribution in [1.29, 1.82) is 0 Å². The summed E-state index contributed by atoms with van der Waals surface area (Å²) in [5.41, 5.74) is 0.475. The number of halogens is 1. The summed E-state index contributed by atoms with van der Waals surface area (Å²) in [4.78, 5) is 15.8. The van der Waals surface area contributed by atoms with Crippen molar-refractivity contribution in [2.45, 2.75) is 36.3 Å². The number of aromatic nitrogens is 1. The van der Waals surface area contributed by atoms with Gasteiger partial charge in [-0.3, -0.25) is 9.78 Å². The zero-order valence-corrected chi connectivity index (χ0v) is 14.8. The Hall–Kier alpha value is -2.28. The van der Waals surface area contributed by atoms with Gasteiger partial charge in [-0.15, -0.1) is 0 Å². The van der Waals surface area contributed by atoms with Gasteiger partial charge in [0.2, 0.25) is 5.91 Å². The molecule has 1 aromatic heterocycles. The number of carbonyl (C=O) groups excluding carboxylic acids is 1. The van der Waals surface area contributed by atoms with E-state index in [2.05, 4.69) is 10.3 Å². The average Bonchev–Trinajstić information content (AvgIpc) is 2.61. The minimum absolute atomic E-state index is 0.00515. The van der Waals surface area contributed by atoms with E-state index in [1.807, 2.05) is 6.92 Å². The molecule has 0 aliphatic carbocycles. The summed E-state index contributed by atoms with van der Waals surface area (Å²) < 4.78 is 39.0. The molecule has 0 saturated carbocycles. The number of carbonyl (C=O) groups is 1. The first kappa shape index (κ1) is 19.1. The van der Waals surface area contributed by atoms with E-state index in [0.717, 1.165) is 25.0 Å². The molecule has 0 bridgehead atoms. The van der Waals surface area contributed by atoms with Crippen LogP contribution in [0.3, 0.4) is 0 Å². The zero-order chi connectivity index (χ0) is 18.3. The smallest absolute Gasteiger partial charge is 0.220 e. The number of unbranched alkanes of at least 4 members (excludes halogenated alkanes) is 1. The molecule has 2 rings (SSSR count). The standard InChI is InChI=1S/C18H21FN2O3S/c1-2-3-6-18(22)21-13-17(14-5-4-11-20-12-14)25(23,24)16-9-7-15(19)8-10-16/h4-5,7-12,17H,2-3,6,13H2,1H3,(H,21,22)/t17-/m0/s1. The lowest BCUT2D eigenvalue weighted by Gasteiger charge is -2.18. The molecule has 1 N–H and O–H groups in total. The second-order valence-corrected chi connectivity index (χ2v) is 7.81. The molecule has 7 heteroatoms. The van der Waals surface area contributed by atoms with Crippen LogP contribution >= 0.6 is 0 Å². The van der Waals surface area contributed by atoms with Crippen molar-refractivity contribution >= 4 is 15.7 Å². The van der Waals surface area contributed by atoms with Gasteiger partial charge in [0.1, 0.15) is 11.1 Å². The largest absolute Gasteiger partial charge is 0.354 e. The number of rotatable bonds is 8. The fourth-order valence-corrected chi connectivity index (χ4v) is 4.04. The number of hydrogen-bond donors (Lipinski definition) is 1. The highest BCUT2D eigenvalue weighted by Crippen LogP contribution is 2.28. The first-order valence-electron chi connectivity index (χ1n) is 8.11. The SMILES string of the molecule is CCCCC(=O)NC[C@@H](c1cccnc1)S(=O)(=O)c1ccc(F)cc1. The van der Waals surface area contributed by atoms with Crippen LogP contribution in [-0.2, 0) is 14.6 Å². The minimum Gasteiger partial charge on any atom is -0.354 e. The third kappa shape index (κ3) is 5.09. The molecule has 25 heavy (non-hydrogen) atoms. The lowest BCUT2D eigenvalue weighted by atomic mass is 10.2. The van der Waals surface area contributed by atoms with Gasteiger partial charge in [0.15, 0.2) is 9.84 Å². The molecule has 0 aliphatic heterocycles. The van der Waals surface area contributed by atoms with Crippen molar-refractivity contribution in [2.24, 2.45) is 0 Å². The van der Waals surface area contributed by atoms with Crippen LogP contribution in [0.2, 0.25) is 0 Å². The molecule has 1 aromatic carbocycles. The lowest BCUT2D eigenvalue weighted by molar-refractivity contribution is -0.121. The lowest BCUT2D eigenvalue weighted by Crippen LogP contribution is -2.31. The Balaban J connectivity index is 2.28. The average molecular weight is 364 g/mol. The minimum atomic E-state index is -3.81. The number of nitrogens with zero attached hydrogens (tertiary/aromatic N) is 1. The number of nitrogens with one attached hydrogen (secondary N) is 1. The Morgan fingerprint density at radius 1 is 1.24 bits per heavy atom. The fraction of sp³-hybridized carbons (Fsp3) is 0.333. The second kappa shape index (κ2) is 8.71. The maximum absolute atomic E-state index is 13.1. The topological polar surface area (TPSA) is 76.1 Å². The Labute approximate surface area is 147 Å². The Kier molecular flexibility index (Phi) is 6.64. The number of amides is 1. The van der Waals surface area contributed by atoms with Gasteiger partial charge in [-0.1, -0.05) is 19.4 Å². The molecular formula is C18H21FN2O3S. The molecule has 1 atom stereocenters. The van der Waals surface area contributed by atoms with Gasteiger partial charge in [0.25, 0.3) is 0 Å². The molecule has 0 unspecified atom stereocenters. The third-order valence-corrected chi connectivity index (χ3v) is 5.93. The highest BCUT2D eigenvalue weighted by molar-refractivity contribution is 7.91. The van der Waals surface area contributed by atoms with Crippen LogP contribution in [0.15, 0.2) is 53.7 Å². The molecular weight excluding hydrogens is 343 g/mol. The van der Waals surface area contributed by atoms with E-state index in [-0.39, 0.29) is 17.3 Å². The Morgan fingerprint density at radius 2 is 1.96 bits per heavy atom. The van der Waals surface area contributed by atoms with Crippen LogP contribution in [-0.4, -0.2) is 25.9 Å². The molecule has 1 amide bonds. The maximum Gasteiger partial charge on any atom is 0.220 e.